The normalized spacial score (nSPS) is 27.1. The predicted octanol–water partition coefficient (Wildman–Crippen LogP) is 13.5. The third kappa shape index (κ3) is 12.0. The van der Waals surface area contributed by atoms with Crippen molar-refractivity contribution in [2.75, 3.05) is 0 Å². The van der Waals surface area contributed by atoms with Crippen LogP contribution in [0.4, 0.5) is 0 Å². The summed E-state index contributed by atoms with van der Waals surface area (Å²) < 4.78 is 0. The van der Waals surface area contributed by atoms with Crippen LogP contribution < -0.4 is 0 Å². The Kier molecular flexibility index (Phi) is 16.2. The third-order valence-electron chi connectivity index (χ3n) is 12.1. The van der Waals surface area contributed by atoms with E-state index in [2.05, 4.69) is 81.0 Å². The topological polar surface area (TPSA) is 0 Å². The second-order valence-electron chi connectivity index (χ2n) is 16.0. The minimum absolute atomic E-state index is 0.550. The number of unbranched alkanes of at least 4 members (excludes halogenated alkanes) is 4. The zero-order valence-electron chi connectivity index (χ0n) is 29.1. The highest BCUT2D eigenvalue weighted by atomic mass is 14.5. The average molecular weight is 555 g/mol. The maximum atomic E-state index is 3.90. The van der Waals surface area contributed by atoms with Crippen LogP contribution in [0.3, 0.4) is 0 Å². The molecule has 0 radical (unpaired) electrons. The van der Waals surface area contributed by atoms with Crippen LogP contribution in [0.1, 0.15) is 171 Å². The SMILES string of the molecule is C=CCC(C)CCCCCCCC(C)C1CCC1C(C)(CCCC(C)C(C)CCC)CC1CC1=CC(C)C(C)C. The van der Waals surface area contributed by atoms with Crippen molar-refractivity contribution in [2.45, 2.75) is 171 Å². The monoisotopic (exact) mass is 555 g/mol. The molecule has 0 saturated heterocycles. The Morgan fingerprint density at radius 3 is 2.08 bits per heavy atom. The molecule has 2 saturated carbocycles. The van der Waals surface area contributed by atoms with E-state index in [9.17, 15) is 0 Å². The molecule has 0 bridgehead atoms. The first-order valence-corrected chi connectivity index (χ1v) is 18.3. The minimum Gasteiger partial charge on any atom is -0.103 e. The highest BCUT2D eigenvalue weighted by Gasteiger charge is 2.48. The molecule has 0 aliphatic heterocycles. The second-order valence-corrected chi connectivity index (χ2v) is 16.0. The van der Waals surface area contributed by atoms with E-state index in [-0.39, 0.29) is 0 Å². The predicted molar refractivity (Wildman–Crippen MR) is 182 cm³/mol. The van der Waals surface area contributed by atoms with Crippen molar-refractivity contribution in [3.63, 3.8) is 0 Å². The quantitative estimate of drug-likeness (QED) is 0.0870. The van der Waals surface area contributed by atoms with Gasteiger partial charge in [0, 0.05) is 0 Å². The van der Waals surface area contributed by atoms with E-state index in [0.29, 0.717) is 5.41 Å². The molecular weight excluding hydrogens is 480 g/mol. The highest BCUT2D eigenvalue weighted by Crippen LogP contribution is 2.58. The van der Waals surface area contributed by atoms with Crippen LogP contribution in [0.15, 0.2) is 24.3 Å². The van der Waals surface area contributed by atoms with Crippen LogP contribution in [0.2, 0.25) is 0 Å². The van der Waals surface area contributed by atoms with Crippen molar-refractivity contribution < 1.29 is 0 Å². The molecule has 9 unspecified atom stereocenters. The van der Waals surface area contributed by atoms with Crippen LogP contribution in [-0.2, 0) is 0 Å². The van der Waals surface area contributed by atoms with Gasteiger partial charge in [-0.15, -0.1) is 6.58 Å². The molecule has 2 aliphatic rings. The smallest absolute Gasteiger partial charge is 0.0160 e. The summed E-state index contributed by atoms with van der Waals surface area (Å²) in [4.78, 5) is 0. The van der Waals surface area contributed by atoms with Crippen molar-refractivity contribution >= 4 is 0 Å². The van der Waals surface area contributed by atoms with Gasteiger partial charge in [0.1, 0.15) is 0 Å². The van der Waals surface area contributed by atoms with Gasteiger partial charge in [-0.3, -0.25) is 0 Å². The summed E-state index contributed by atoms with van der Waals surface area (Å²) in [5, 5.41) is 0. The van der Waals surface area contributed by atoms with Crippen molar-refractivity contribution in [1.82, 2.24) is 0 Å². The van der Waals surface area contributed by atoms with Crippen molar-refractivity contribution in [3.8, 4) is 0 Å². The summed E-state index contributed by atoms with van der Waals surface area (Å²) >= 11 is 0. The molecular formula is C40H74. The van der Waals surface area contributed by atoms with Gasteiger partial charge in [-0.2, -0.15) is 0 Å². The van der Waals surface area contributed by atoms with Crippen molar-refractivity contribution in [1.29, 1.82) is 0 Å². The summed E-state index contributed by atoms with van der Waals surface area (Å²) in [6.07, 6.45) is 29.0. The molecule has 2 aliphatic carbocycles. The lowest BCUT2D eigenvalue weighted by molar-refractivity contribution is -0.0199. The Bertz CT molecular complexity index is 714. The molecule has 0 aromatic heterocycles. The maximum Gasteiger partial charge on any atom is -0.0160 e. The van der Waals surface area contributed by atoms with Crippen molar-refractivity contribution in [2.24, 2.45) is 58.7 Å². The van der Waals surface area contributed by atoms with E-state index < -0.39 is 0 Å². The molecule has 9 atom stereocenters. The molecule has 0 aromatic carbocycles. The number of rotatable bonds is 23. The first-order chi connectivity index (χ1) is 19.0. The number of allylic oxidation sites excluding steroid dienone is 3. The van der Waals surface area contributed by atoms with E-state index in [1.54, 1.807) is 5.57 Å². The standard InChI is InChI=1S/C40H74/c1-11-19-31(5)21-16-14-13-15-17-22-34(8)38-24-25-39(38)40(10,26-18-23-33(7)32(6)20-12-2)29-37-28-36(37)27-35(9)30(3)4/h11,27,30-35,37-39H,1,12-26,28-29H2,2-10H3. The fourth-order valence-corrected chi connectivity index (χ4v) is 8.20. The molecule has 40 heavy (non-hydrogen) atoms. The van der Waals surface area contributed by atoms with Crippen LogP contribution in [0.25, 0.3) is 0 Å². The van der Waals surface area contributed by atoms with E-state index in [1.165, 1.54) is 109 Å². The van der Waals surface area contributed by atoms with Gasteiger partial charge in [-0.05, 0) is 97.2 Å². The van der Waals surface area contributed by atoms with Crippen molar-refractivity contribution in [3.05, 3.63) is 24.3 Å². The lowest BCUT2D eigenvalue weighted by Gasteiger charge is -2.52. The van der Waals surface area contributed by atoms with Gasteiger partial charge in [0.25, 0.3) is 0 Å². The van der Waals surface area contributed by atoms with Crippen LogP contribution >= 0.6 is 0 Å². The molecule has 234 valence electrons. The van der Waals surface area contributed by atoms with Crippen LogP contribution in [-0.4, -0.2) is 0 Å². The lowest BCUT2D eigenvalue weighted by Crippen LogP contribution is -2.43. The maximum absolute atomic E-state index is 3.90. The molecule has 0 heteroatoms. The molecule has 2 fully saturated rings. The van der Waals surface area contributed by atoms with Gasteiger partial charge in [0.2, 0.25) is 0 Å². The highest BCUT2D eigenvalue weighted by molar-refractivity contribution is 5.25. The summed E-state index contributed by atoms with van der Waals surface area (Å²) in [6, 6.07) is 0. The second kappa shape index (κ2) is 18.2. The Hall–Kier alpha value is -0.520. The summed E-state index contributed by atoms with van der Waals surface area (Å²) in [5.41, 5.74) is 2.36. The van der Waals surface area contributed by atoms with Gasteiger partial charge < -0.3 is 0 Å². The molecule has 0 aromatic rings. The molecule has 0 spiro atoms. The minimum atomic E-state index is 0.550. The molecule has 0 N–H and O–H groups in total. The van der Waals surface area contributed by atoms with Crippen LogP contribution in [0.5, 0.6) is 0 Å². The fraction of sp³-hybridized carbons (Fsp3) is 0.900. The zero-order valence-corrected chi connectivity index (χ0v) is 29.1. The van der Waals surface area contributed by atoms with Gasteiger partial charge in [-0.25, -0.2) is 0 Å². The fourth-order valence-electron chi connectivity index (χ4n) is 8.20. The van der Waals surface area contributed by atoms with Crippen LogP contribution in [0, 0.1) is 58.7 Å². The Labute approximate surface area is 254 Å². The van der Waals surface area contributed by atoms with E-state index >= 15 is 0 Å². The van der Waals surface area contributed by atoms with Gasteiger partial charge in [0.05, 0.1) is 0 Å². The lowest BCUT2D eigenvalue weighted by atomic mass is 9.53. The van der Waals surface area contributed by atoms with Gasteiger partial charge in [-0.1, -0.05) is 151 Å². The average Bonchev–Trinajstić information content (AvgIpc) is 3.58. The van der Waals surface area contributed by atoms with Gasteiger partial charge >= 0.3 is 0 Å². The third-order valence-corrected chi connectivity index (χ3v) is 12.1. The summed E-state index contributed by atoms with van der Waals surface area (Å²) in [6.45, 7) is 26.2. The number of hydrogen-bond acceptors (Lipinski definition) is 0. The first-order valence-electron chi connectivity index (χ1n) is 18.3. The summed E-state index contributed by atoms with van der Waals surface area (Å²) in [7, 11) is 0. The van der Waals surface area contributed by atoms with E-state index in [1.807, 2.05) is 0 Å². The molecule has 0 nitrogen and oxygen atoms in total. The zero-order chi connectivity index (χ0) is 29.7. The van der Waals surface area contributed by atoms with E-state index in [4.69, 9.17) is 0 Å². The largest absolute Gasteiger partial charge is 0.103 e. The summed E-state index contributed by atoms with van der Waals surface area (Å²) in [5.74, 6) is 7.88. The Morgan fingerprint density at radius 1 is 0.825 bits per heavy atom. The van der Waals surface area contributed by atoms with Gasteiger partial charge in [0.15, 0.2) is 0 Å². The molecule has 0 heterocycles. The first kappa shape index (κ1) is 35.7. The Balaban J connectivity index is 1.88. The Morgan fingerprint density at radius 2 is 1.48 bits per heavy atom. The van der Waals surface area contributed by atoms with E-state index in [0.717, 1.165) is 53.3 Å². The molecule has 2 rings (SSSR count). The number of hydrogen-bond donors (Lipinski definition) is 0. The molecule has 0 amide bonds.